The van der Waals surface area contributed by atoms with Crippen molar-refractivity contribution in [3.05, 3.63) is 76.9 Å². The van der Waals surface area contributed by atoms with Crippen molar-refractivity contribution >= 4 is 34.2 Å². The van der Waals surface area contributed by atoms with Gasteiger partial charge in [-0.05, 0) is 47.7 Å². The number of aliphatic hydroxyl groups is 1. The molecule has 3 aliphatic rings. The van der Waals surface area contributed by atoms with Crippen molar-refractivity contribution in [3.8, 4) is 0 Å². The normalized spacial score (nSPS) is 22.6. The zero-order chi connectivity index (χ0) is 25.7. The minimum atomic E-state index is -2.10. The number of benzene rings is 3. The Morgan fingerprint density at radius 3 is 2.38 bits per heavy atom. The quantitative estimate of drug-likeness (QED) is 0.525. The van der Waals surface area contributed by atoms with Crippen LogP contribution in [0.4, 0.5) is 5.69 Å². The third-order valence-electron chi connectivity index (χ3n) is 7.89. The summed E-state index contributed by atoms with van der Waals surface area (Å²) in [6.45, 7) is 5.32. The lowest BCUT2D eigenvalue weighted by molar-refractivity contribution is -0.149. The third kappa shape index (κ3) is 4.11. The van der Waals surface area contributed by atoms with Gasteiger partial charge in [0.05, 0.1) is 5.69 Å². The predicted molar refractivity (Wildman–Crippen MR) is 140 cm³/mol. The van der Waals surface area contributed by atoms with Crippen LogP contribution < -0.4 is 10.2 Å². The first kappa shape index (κ1) is 23.8. The summed E-state index contributed by atoms with van der Waals surface area (Å²) in [6.07, 6.45) is 0.526. The van der Waals surface area contributed by atoms with Gasteiger partial charge in [0.15, 0.2) is 0 Å². The lowest BCUT2D eigenvalue weighted by Crippen LogP contribution is -2.64. The Kier molecular flexibility index (Phi) is 5.82. The van der Waals surface area contributed by atoms with Crippen LogP contribution in [0.3, 0.4) is 0 Å². The van der Waals surface area contributed by atoms with Gasteiger partial charge in [-0.15, -0.1) is 0 Å². The van der Waals surface area contributed by atoms with Gasteiger partial charge in [0.25, 0.3) is 11.8 Å². The zero-order valence-electron chi connectivity index (χ0n) is 20.9. The van der Waals surface area contributed by atoms with Crippen LogP contribution in [-0.4, -0.2) is 71.6 Å². The molecule has 0 bridgehead atoms. The van der Waals surface area contributed by atoms with E-state index in [9.17, 15) is 19.5 Å². The molecule has 1 atom stereocenters. The van der Waals surface area contributed by atoms with E-state index < -0.39 is 23.4 Å². The van der Waals surface area contributed by atoms with Crippen LogP contribution in [0, 0.1) is 0 Å². The fourth-order valence-electron chi connectivity index (χ4n) is 5.71. The fourth-order valence-corrected chi connectivity index (χ4v) is 5.71. The van der Waals surface area contributed by atoms with Crippen molar-refractivity contribution in [2.24, 2.45) is 0 Å². The molecule has 3 aromatic carbocycles. The van der Waals surface area contributed by atoms with E-state index in [2.05, 4.69) is 46.4 Å². The Bertz CT molecular complexity index is 1410. The summed E-state index contributed by atoms with van der Waals surface area (Å²) in [7, 11) is 2.16. The molecule has 2 saturated heterocycles. The van der Waals surface area contributed by atoms with Gasteiger partial charge in [0, 0.05) is 56.5 Å². The number of carbonyl (C=O) groups is 3. The molecule has 3 aromatic rings. The lowest BCUT2D eigenvalue weighted by Gasteiger charge is -2.38. The maximum absolute atomic E-state index is 13.4. The SMILES string of the molecule is CN1CCN(Cc2ccc(Cc3ccc4c5c(cccc35)C(=O)N4C3(O)CCC(=O)NC3=O)cc2)CC1. The van der Waals surface area contributed by atoms with E-state index in [1.54, 1.807) is 12.1 Å². The molecule has 0 saturated carbocycles. The third-order valence-corrected chi connectivity index (χ3v) is 7.89. The number of piperazine rings is 1. The second kappa shape index (κ2) is 9.06. The molecule has 37 heavy (non-hydrogen) atoms. The number of likely N-dealkylation sites (N-methyl/N-ethyl adjacent to an activating group) is 1. The summed E-state index contributed by atoms with van der Waals surface area (Å²) in [6, 6.07) is 18.0. The Hall–Kier alpha value is -3.59. The van der Waals surface area contributed by atoms with E-state index in [0.717, 1.165) is 54.0 Å². The van der Waals surface area contributed by atoms with Crippen molar-refractivity contribution in [2.45, 2.75) is 31.5 Å². The Morgan fingerprint density at radius 2 is 1.65 bits per heavy atom. The van der Waals surface area contributed by atoms with E-state index in [4.69, 9.17) is 0 Å². The summed E-state index contributed by atoms with van der Waals surface area (Å²) in [5.41, 5.74) is 2.39. The average Bonchev–Trinajstić information content (AvgIpc) is 3.19. The van der Waals surface area contributed by atoms with Crippen molar-refractivity contribution in [2.75, 3.05) is 38.1 Å². The first-order valence-corrected chi connectivity index (χ1v) is 12.8. The van der Waals surface area contributed by atoms with Gasteiger partial charge >= 0.3 is 0 Å². The van der Waals surface area contributed by atoms with E-state index >= 15 is 0 Å². The molecule has 2 N–H and O–H groups in total. The van der Waals surface area contributed by atoms with E-state index in [-0.39, 0.29) is 12.8 Å². The van der Waals surface area contributed by atoms with E-state index in [0.29, 0.717) is 17.7 Å². The molecule has 3 heterocycles. The number of rotatable bonds is 5. The van der Waals surface area contributed by atoms with Crippen LogP contribution in [0.5, 0.6) is 0 Å². The second-order valence-corrected chi connectivity index (χ2v) is 10.4. The second-order valence-electron chi connectivity index (χ2n) is 10.4. The molecule has 3 amide bonds. The topological polar surface area (TPSA) is 93.2 Å². The molecule has 8 heteroatoms. The van der Waals surface area contributed by atoms with Crippen LogP contribution in [0.15, 0.2) is 54.6 Å². The molecule has 0 spiro atoms. The van der Waals surface area contributed by atoms with Crippen molar-refractivity contribution < 1.29 is 19.5 Å². The van der Waals surface area contributed by atoms with Crippen LogP contribution in [0.1, 0.15) is 39.9 Å². The Labute approximate surface area is 215 Å². The number of anilines is 1. The number of amides is 3. The molecule has 0 aliphatic carbocycles. The molecule has 3 aliphatic heterocycles. The lowest BCUT2D eigenvalue weighted by atomic mass is 9.95. The van der Waals surface area contributed by atoms with Gasteiger partial charge < -0.3 is 10.0 Å². The minimum Gasteiger partial charge on any atom is -0.363 e. The molecule has 2 fully saturated rings. The minimum absolute atomic E-state index is 0.0333. The summed E-state index contributed by atoms with van der Waals surface area (Å²) in [4.78, 5) is 43.7. The van der Waals surface area contributed by atoms with Gasteiger partial charge in [0.2, 0.25) is 11.6 Å². The van der Waals surface area contributed by atoms with Gasteiger partial charge in [0.1, 0.15) is 0 Å². The van der Waals surface area contributed by atoms with Gasteiger partial charge in [-0.25, -0.2) is 0 Å². The number of piperidine rings is 1. The smallest absolute Gasteiger partial charge is 0.280 e. The highest BCUT2D eigenvalue weighted by Gasteiger charge is 2.52. The van der Waals surface area contributed by atoms with Crippen molar-refractivity contribution in [3.63, 3.8) is 0 Å². The van der Waals surface area contributed by atoms with Gasteiger partial charge in [-0.3, -0.25) is 29.5 Å². The van der Waals surface area contributed by atoms with E-state index in [1.807, 2.05) is 18.2 Å². The number of imide groups is 1. The zero-order valence-corrected chi connectivity index (χ0v) is 20.9. The molecule has 0 aromatic heterocycles. The van der Waals surface area contributed by atoms with E-state index in [1.165, 1.54) is 11.1 Å². The molecule has 0 radical (unpaired) electrons. The number of nitrogens with one attached hydrogen (secondary N) is 1. The van der Waals surface area contributed by atoms with Crippen LogP contribution in [-0.2, 0) is 22.6 Å². The highest BCUT2D eigenvalue weighted by molar-refractivity contribution is 6.28. The molecule has 190 valence electrons. The van der Waals surface area contributed by atoms with Crippen LogP contribution in [0.25, 0.3) is 10.8 Å². The Morgan fingerprint density at radius 1 is 0.919 bits per heavy atom. The first-order chi connectivity index (χ1) is 17.8. The molecule has 8 nitrogen and oxygen atoms in total. The standard InChI is InChI=1S/C29H30N4O4/c1-31-13-15-32(16-14-31)18-20-7-5-19(6-8-20)17-21-9-10-24-26-22(21)3-2-4-23(26)27(35)33(24)29(37)12-11-25(34)30-28(29)36/h2-10,37H,11-18H2,1H3,(H,30,34,36). The van der Waals surface area contributed by atoms with Crippen molar-refractivity contribution in [1.29, 1.82) is 0 Å². The van der Waals surface area contributed by atoms with Crippen LogP contribution >= 0.6 is 0 Å². The number of carbonyl (C=O) groups excluding carboxylic acids is 3. The maximum Gasteiger partial charge on any atom is 0.280 e. The summed E-state index contributed by atoms with van der Waals surface area (Å²) < 4.78 is 0. The summed E-state index contributed by atoms with van der Waals surface area (Å²) in [5.74, 6) is -1.74. The predicted octanol–water partition coefficient (Wildman–Crippen LogP) is 2.26. The van der Waals surface area contributed by atoms with Gasteiger partial charge in [-0.1, -0.05) is 42.5 Å². The molecule has 6 rings (SSSR count). The largest absolute Gasteiger partial charge is 0.363 e. The molecular weight excluding hydrogens is 468 g/mol. The highest BCUT2D eigenvalue weighted by Crippen LogP contribution is 2.43. The van der Waals surface area contributed by atoms with Crippen LogP contribution in [0.2, 0.25) is 0 Å². The fraction of sp³-hybridized carbons (Fsp3) is 0.345. The first-order valence-electron chi connectivity index (χ1n) is 12.8. The summed E-state index contributed by atoms with van der Waals surface area (Å²) >= 11 is 0. The molecular formula is C29H30N4O4. The Balaban J connectivity index is 1.27. The monoisotopic (exact) mass is 498 g/mol. The number of hydrogen-bond donors (Lipinski definition) is 2. The maximum atomic E-state index is 13.4. The van der Waals surface area contributed by atoms with Gasteiger partial charge in [-0.2, -0.15) is 0 Å². The summed E-state index contributed by atoms with van der Waals surface area (Å²) in [5, 5.41) is 15.1. The average molecular weight is 499 g/mol. The number of nitrogens with zero attached hydrogens (tertiary/aromatic N) is 3. The van der Waals surface area contributed by atoms with Crippen molar-refractivity contribution in [1.82, 2.24) is 15.1 Å². The highest BCUT2D eigenvalue weighted by atomic mass is 16.3. The number of hydrogen-bond acceptors (Lipinski definition) is 6. The molecule has 1 unspecified atom stereocenters.